The zero-order valence-electron chi connectivity index (χ0n) is 13.1. The first-order valence-electron chi connectivity index (χ1n) is 7.32. The zero-order chi connectivity index (χ0) is 16.8. The summed E-state index contributed by atoms with van der Waals surface area (Å²) in [5.41, 5.74) is 1.95. The maximum Gasteiger partial charge on any atom is 0.256 e. The number of alkyl halides is 1. The Balaban J connectivity index is 2.17. The molecule has 0 heterocycles. The van der Waals surface area contributed by atoms with Crippen LogP contribution in [0, 0.1) is 0 Å². The Morgan fingerprint density at radius 3 is 2.35 bits per heavy atom. The van der Waals surface area contributed by atoms with Crippen molar-refractivity contribution in [2.75, 3.05) is 12.4 Å². The maximum atomic E-state index is 12.7. The van der Waals surface area contributed by atoms with E-state index in [1.807, 2.05) is 30.3 Å². The van der Waals surface area contributed by atoms with Crippen molar-refractivity contribution in [1.29, 1.82) is 0 Å². The van der Waals surface area contributed by atoms with Crippen molar-refractivity contribution in [3.8, 4) is 0 Å². The highest BCUT2D eigenvalue weighted by Gasteiger charge is 2.18. The van der Waals surface area contributed by atoms with E-state index in [1.165, 1.54) is 0 Å². The van der Waals surface area contributed by atoms with Crippen LogP contribution in [0.1, 0.15) is 22.8 Å². The van der Waals surface area contributed by atoms with Crippen LogP contribution in [0.4, 0.5) is 5.69 Å². The molecule has 0 saturated heterocycles. The summed E-state index contributed by atoms with van der Waals surface area (Å²) in [5, 5.41) is 2.02. The molecular weight excluding hydrogens is 312 g/mol. The lowest BCUT2D eigenvalue weighted by Gasteiger charge is -2.19. The number of carbonyl (C=O) groups excluding carboxylic acids is 2. The number of benzene rings is 2. The highest BCUT2D eigenvalue weighted by molar-refractivity contribution is 6.32. The summed E-state index contributed by atoms with van der Waals surface area (Å²) in [5.74, 6) is -0.496. The molecule has 1 atom stereocenters. The molecule has 0 fully saturated rings. The van der Waals surface area contributed by atoms with Gasteiger partial charge in [0, 0.05) is 13.6 Å². The molecule has 2 aromatic rings. The Morgan fingerprint density at radius 1 is 1.09 bits per heavy atom. The Bertz CT molecular complexity index is 686. The topological polar surface area (TPSA) is 49.4 Å². The van der Waals surface area contributed by atoms with E-state index in [4.69, 9.17) is 11.6 Å². The number of para-hydroxylation sites is 1. The highest BCUT2D eigenvalue weighted by atomic mass is 35.5. The molecule has 120 valence electrons. The van der Waals surface area contributed by atoms with Crippen LogP contribution in [0.5, 0.6) is 0 Å². The Morgan fingerprint density at radius 2 is 1.70 bits per heavy atom. The van der Waals surface area contributed by atoms with E-state index < -0.39 is 5.38 Å². The van der Waals surface area contributed by atoms with E-state index in [-0.39, 0.29) is 11.8 Å². The van der Waals surface area contributed by atoms with E-state index in [0.717, 1.165) is 5.56 Å². The molecule has 2 rings (SSSR count). The van der Waals surface area contributed by atoms with Crippen molar-refractivity contribution < 1.29 is 9.59 Å². The first-order chi connectivity index (χ1) is 11.0. The summed E-state index contributed by atoms with van der Waals surface area (Å²) in [7, 11) is 1.73. The second kappa shape index (κ2) is 7.79. The van der Waals surface area contributed by atoms with Crippen LogP contribution in [0.2, 0.25) is 0 Å². The van der Waals surface area contributed by atoms with Gasteiger partial charge in [0.25, 0.3) is 5.91 Å². The molecule has 23 heavy (non-hydrogen) atoms. The first kappa shape index (κ1) is 17.0. The Kier molecular flexibility index (Phi) is 5.77. The van der Waals surface area contributed by atoms with Crippen LogP contribution < -0.4 is 5.32 Å². The summed E-state index contributed by atoms with van der Waals surface area (Å²) in [6, 6.07) is 16.7. The normalized spacial score (nSPS) is 11.6. The molecule has 0 bridgehead atoms. The number of carbonyl (C=O) groups is 2. The van der Waals surface area contributed by atoms with Crippen LogP contribution in [0.15, 0.2) is 54.6 Å². The monoisotopic (exact) mass is 330 g/mol. The van der Waals surface area contributed by atoms with Gasteiger partial charge in [-0.05, 0) is 24.6 Å². The fraction of sp³-hybridized carbons (Fsp3) is 0.222. The number of halogens is 1. The Labute approximate surface area is 141 Å². The SMILES string of the molecule is C[C@@H](Cl)C(=O)Nc1ccccc1C(=O)N(C)Cc1ccccc1. The van der Waals surface area contributed by atoms with Crippen molar-refractivity contribution in [1.82, 2.24) is 4.90 Å². The number of amides is 2. The number of nitrogens with zero attached hydrogens (tertiary/aromatic N) is 1. The lowest BCUT2D eigenvalue weighted by molar-refractivity contribution is -0.115. The summed E-state index contributed by atoms with van der Waals surface area (Å²) in [4.78, 5) is 26.1. The molecule has 0 aliphatic heterocycles. The maximum absolute atomic E-state index is 12.7. The average Bonchev–Trinajstić information content (AvgIpc) is 2.55. The van der Waals surface area contributed by atoms with Gasteiger partial charge in [-0.2, -0.15) is 0 Å². The first-order valence-corrected chi connectivity index (χ1v) is 7.76. The van der Waals surface area contributed by atoms with Crippen LogP contribution in [-0.4, -0.2) is 29.1 Å². The molecule has 4 nitrogen and oxygen atoms in total. The van der Waals surface area contributed by atoms with Crippen molar-refractivity contribution in [3.05, 3.63) is 65.7 Å². The molecule has 0 spiro atoms. The van der Waals surface area contributed by atoms with Crippen molar-refractivity contribution >= 4 is 29.1 Å². The standard InChI is InChI=1S/C18H19ClN2O2/c1-13(19)17(22)20-16-11-7-6-10-15(16)18(23)21(2)12-14-8-4-3-5-9-14/h3-11,13H,12H2,1-2H3,(H,20,22)/t13-/m1/s1. The van der Waals surface area contributed by atoms with Gasteiger partial charge in [0.15, 0.2) is 0 Å². The minimum absolute atomic E-state index is 0.160. The summed E-state index contributed by atoms with van der Waals surface area (Å²) in [6.07, 6.45) is 0. The smallest absolute Gasteiger partial charge is 0.256 e. The van der Waals surface area contributed by atoms with Crippen LogP contribution in [0.3, 0.4) is 0 Å². The fourth-order valence-electron chi connectivity index (χ4n) is 2.15. The van der Waals surface area contributed by atoms with E-state index in [1.54, 1.807) is 43.1 Å². The zero-order valence-corrected chi connectivity index (χ0v) is 13.9. The minimum atomic E-state index is -0.666. The number of hydrogen-bond donors (Lipinski definition) is 1. The van der Waals surface area contributed by atoms with E-state index in [0.29, 0.717) is 17.8 Å². The molecule has 2 amide bonds. The molecule has 0 aliphatic carbocycles. The third-order valence-corrected chi connectivity index (χ3v) is 3.58. The van der Waals surface area contributed by atoms with Gasteiger partial charge in [-0.3, -0.25) is 9.59 Å². The van der Waals surface area contributed by atoms with E-state index in [9.17, 15) is 9.59 Å². The van der Waals surface area contributed by atoms with E-state index in [2.05, 4.69) is 5.32 Å². The third-order valence-electron chi connectivity index (χ3n) is 3.39. The fourth-order valence-corrected chi connectivity index (χ4v) is 2.20. The van der Waals surface area contributed by atoms with Gasteiger partial charge in [-0.15, -0.1) is 11.6 Å². The molecular formula is C18H19ClN2O2. The summed E-state index contributed by atoms with van der Waals surface area (Å²) < 4.78 is 0. The third kappa shape index (κ3) is 4.57. The largest absolute Gasteiger partial charge is 0.337 e. The Hall–Kier alpha value is -2.33. The van der Waals surface area contributed by atoms with Gasteiger partial charge in [0.05, 0.1) is 11.3 Å². The molecule has 0 saturated carbocycles. The molecule has 0 radical (unpaired) electrons. The van der Waals surface area contributed by atoms with Crippen molar-refractivity contribution in [2.24, 2.45) is 0 Å². The van der Waals surface area contributed by atoms with E-state index >= 15 is 0 Å². The van der Waals surface area contributed by atoms with Crippen LogP contribution >= 0.6 is 11.6 Å². The van der Waals surface area contributed by atoms with Crippen molar-refractivity contribution in [2.45, 2.75) is 18.8 Å². The van der Waals surface area contributed by atoms with Gasteiger partial charge in [0.2, 0.25) is 5.91 Å². The molecule has 1 N–H and O–H groups in total. The van der Waals surface area contributed by atoms with Gasteiger partial charge in [-0.25, -0.2) is 0 Å². The molecule has 2 aromatic carbocycles. The number of anilines is 1. The van der Waals surface area contributed by atoms with Gasteiger partial charge < -0.3 is 10.2 Å². The predicted molar refractivity (Wildman–Crippen MR) is 92.6 cm³/mol. The molecule has 0 unspecified atom stereocenters. The summed E-state index contributed by atoms with van der Waals surface area (Å²) >= 11 is 5.77. The second-order valence-corrected chi connectivity index (χ2v) is 5.95. The average molecular weight is 331 g/mol. The van der Waals surface area contributed by atoms with Gasteiger partial charge >= 0.3 is 0 Å². The second-order valence-electron chi connectivity index (χ2n) is 5.30. The highest BCUT2D eigenvalue weighted by Crippen LogP contribution is 2.18. The number of rotatable bonds is 5. The summed E-state index contributed by atoms with van der Waals surface area (Å²) in [6.45, 7) is 2.08. The predicted octanol–water partition coefficient (Wildman–Crippen LogP) is 3.52. The quantitative estimate of drug-likeness (QED) is 0.853. The van der Waals surface area contributed by atoms with Gasteiger partial charge in [-0.1, -0.05) is 42.5 Å². The minimum Gasteiger partial charge on any atom is -0.337 e. The van der Waals surface area contributed by atoms with Crippen LogP contribution in [0.25, 0.3) is 0 Å². The molecule has 0 aromatic heterocycles. The molecule has 0 aliphatic rings. The lowest BCUT2D eigenvalue weighted by atomic mass is 10.1. The lowest BCUT2D eigenvalue weighted by Crippen LogP contribution is -2.28. The number of hydrogen-bond acceptors (Lipinski definition) is 2. The van der Waals surface area contributed by atoms with Crippen LogP contribution in [-0.2, 0) is 11.3 Å². The van der Waals surface area contributed by atoms with Gasteiger partial charge in [0.1, 0.15) is 5.38 Å². The molecule has 5 heteroatoms. The number of nitrogens with one attached hydrogen (secondary N) is 1. The van der Waals surface area contributed by atoms with Crippen molar-refractivity contribution in [3.63, 3.8) is 0 Å².